The van der Waals surface area contributed by atoms with E-state index in [1.54, 1.807) is 7.05 Å². The SMILES string of the molecule is CNc1nc(N)c(C(=O)N2CC3CCCCN3CC2C)s1. The zero-order valence-electron chi connectivity index (χ0n) is 12.6. The molecule has 3 heterocycles. The Balaban J connectivity index is 1.78. The average Bonchev–Trinajstić information content (AvgIpc) is 2.87. The number of nitrogens with zero attached hydrogens (tertiary/aromatic N) is 3. The number of carbonyl (C=O) groups is 1. The Kier molecular flexibility index (Phi) is 4.03. The number of anilines is 2. The normalized spacial score (nSPS) is 26.5. The molecule has 2 fully saturated rings. The van der Waals surface area contributed by atoms with E-state index in [1.165, 1.54) is 37.1 Å². The molecule has 7 heteroatoms. The maximum Gasteiger partial charge on any atom is 0.268 e. The van der Waals surface area contributed by atoms with Crippen molar-refractivity contribution in [3.05, 3.63) is 4.88 Å². The minimum Gasteiger partial charge on any atom is -0.382 e. The predicted molar refractivity (Wildman–Crippen MR) is 85.8 cm³/mol. The van der Waals surface area contributed by atoms with Crippen molar-refractivity contribution in [1.82, 2.24) is 14.8 Å². The summed E-state index contributed by atoms with van der Waals surface area (Å²) in [6.07, 6.45) is 3.74. The molecule has 0 aliphatic carbocycles. The fraction of sp³-hybridized carbons (Fsp3) is 0.714. The fourth-order valence-corrected chi connectivity index (χ4v) is 4.15. The summed E-state index contributed by atoms with van der Waals surface area (Å²) in [6.45, 7) is 5.07. The molecule has 1 aromatic heterocycles. The van der Waals surface area contributed by atoms with Crippen LogP contribution in [0.5, 0.6) is 0 Å². The first-order chi connectivity index (χ1) is 10.1. The van der Waals surface area contributed by atoms with Gasteiger partial charge in [0.1, 0.15) is 10.7 Å². The summed E-state index contributed by atoms with van der Waals surface area (Å²) in [5.41, 5.74) is 5.90. The standard InChI is InChI=1S/C14H23N5OS/c1-9-7-18-6-4-3-5-10(18)8-19(9)13(20)11-12(15)17-14(16-2)21-11/h9-10H,3-8,15H2,1-2H3,(H,16,17). The molecule has 0 spiro atoms. The van der Waals surface area contributed by atoms with Crippen LogP contribution in [0.15, 0.2) is 0 Å². The van der Waals surface area contributed by atoms with Gasteiger partial charge in [-0.1, -0.05) is 17.8 Å². The molecule has 0 saturated carbocycles. The highest BCUT2D eigenvalue weighted by molar-refractivity contribution is 7.18. The topological polar surface area (TPSA) is 74.5 Å². The van der Waals surface area contributed by atoms with E-state index in [2.05, 4.69) is 22.1 Å². The van der Waals surface area contributed by atoms with Gasteiger partial charge in [0.2, 0.25) is 0 Å². The molecule has 0 aromatic carbocycles. The van der Waals surface area contributed by atoms with Gasteiger partial charge in [0.05, 0.1) is 0 Å². The maximum atomic E-state index is 12.8. The van der Waals surface area contributed by atoms with Gasteiger partial charge in [-0.25, -0.2) is 4.98 Å². The summed E-state index contributed by atoms with van der Waals surface area (Å²) >= 11 is 1.34. The molecule has 21 heavy (non-hydrogen) atoms. The number of rotatable bonds is 2. The van der Waals surface area contributed by atoms with Crippen LogP contribution in [0.1, 0.15) is 35.9 Å². The van der Waals surface area contributed by atoms with Gasteiger partial charge in [-0.15, -0.1) is 0 Å². The highest BCUT2D eigenvalue weighted by Crippen LogP contribution is 2.30. The molecule has 2 saturated heterocycles. The second-order valence-corrected chi connectivity index (χ2v) is 6.93. The summed E-state index contributed by atoms with van der Waals surface area (Å²) in [5, 5.41) is 3.65. The van der Waals surface area contributed by atoms with Crippen LogP contribution in [0, 0.1) is 0 Å². The van der Waals surface area contributed by atoms with Crippen LogP contribution in [0.3, 0.4) is 0 Å². The van der Waals surface area contributed by atoms with E-state index < -0.39 is 0 Å². The van der Waals surface area contributed by atoms with Crippen LogP contribution in [0.25, 0.3) is 0 Å². The number of hydrogen-bond acceptors (Lipinski definition) is 6. The van der Waals surface area contributed by atoms with Crippen molar-refractivity contribution in [2.45, 2.75) is 38.3 Å². The predicted octanol–water partition coefficient (Wildman–Crippen LogP) is 1.47. The van der Waals surface area contributed by atoms with Crippen molar-refractivity contribution in [3.8, 4) is 0 Å². The summed E-state index contributed by atoms with van der Waals surface area (Å²) < 4.78 is 0. The van der Waals surface area contributed by atoms with E-state index in [1.807, 2.05) is 4.90 Å². The van der Waals surface area contributed by atoms with Crippen molar-refractivity contribution in [3.63, 3.8) is 0 Å². The lowest BCUT2D eigenvalue weighted by atomic mass is 9.97. The van der Waals surface area contributed by atoms with Crippen molar-refractivity contribution < 1.29 is 4.79 Å². The maximum absolute atomic E-state index is 12.8. The van der Waals surface area contributed by atoms with E-state index in [0.29, 0.717) is 21.9 Å². The zero-order valence-corrected chi connectivity index (χ0v) is 13.4. The Morgan fingerprint density at radius 1 is 1.43 bits per heavy atom. The number of amides is 1. The number of nitrogens with one attached hydrogen (secondary N) is 1. The third-order valence-corrected chi connectivity index (χ3v) is 5.59. The van der Waals surface area contributed by atoms with Crippen molar-refractivity contribution in [1.29, 1.82) is 0 Å². The Morgan fingerprint density at radius 3 is 2.95 bits per heavy atom. The molecule has 2 atom stereocenters. The van der Waals surface area contributed by atoms with Crippen LogP contribution < -0.4 is 11.1 Å². The van der Waals surface area contributed by atoms with Gasteiger partial charge >= 0.3 is 0 Å². The van der Waals surface area contributed by atoms with Crippen LogP contribution in [0.4, 0.5) is 10.9 Å². The fourth-order valence-electron chi connectivity index (χ4n) is 3.36. The molecule has 1 amide bonds. The molecule has 116 valence electrons. The number of nitrogen functional groups attached to an aromatic ring is 1. The molecule has 0 bridgehead atoms. The molecule has 1 aromatic rings. The molecule has 2 unspecified atom stereocenters. The zero-order chi connectivity index (χ0) is 15.0. The molecule has 2 aliphatic rings. The molecule has 0 radical (unpaired) electrons. The Hall–Kier alpha value is -1.34. The number of piperazine rings is 1. The number of aromatic nitrogens is 1. The van der Waals surface area contributed by atoms with E-state index in [0.717, 1.165) is 13.1 Å². The molecular weight excluding hydrogens is 286 g/mol. The Bertz CT molecular complexity index is 531. The van der Waals surface area contributed by atoms with Gasteiger partial charge in [-0.3, -0.25) is 9.69 Å². The van der Waals surface area contributed by atoms with Crippen molar-refractivity contribution in [2.75, 3.05) is 37.7 Å². The summed E-state index contributed by atoms with van der Waals surface area (Å²) in [7, 11) is 1.79. The smallest absolute Gasteiger partial charge is 0.268 e. The lowest BCUT2D eigenvalue weighted by Crippen LogP contribution is -2.60. The van der Waals surface area contributed by atoms with Crippen LogP contribution >= 0.6 is 11.3 Å². The number of fused-ring (bicyclic) bond motifs is 1. The number of nitrogens with two attached hydrogens (primary N) is 1. The Labute approximate surface area is 129 Å². The summed E-state index contributed by atoms with van der Waals surface area (Å²) in [5.74, 6) is 0.372. The van der Waals surface area contributed by atoms with E-state index in [-0.39, 0.29) is 11.9 Å². The first-order valence-electron chi connectivity index (χ1n) is 7.59. The van der Waals surface area contributed by atoms with Gasteiger partial charge < -0.3 is 16.0 Å². The van der Waals surface area contributed by atoms with E-state index in [4.69, 9.17) is 5.73 Å². The number of thiazole rings is 1. The van der Waals surface area contributed by atoms with Crippen molar-refractivity contribution >= 4 is 28.2 Å². The highest BCUT2D eigenvalue weighted by Gasteiger charge is 2.36. The molecular formula is C14H23N5OS. The second-order valence-electron chi connectivity index (χ2n) is 5.93. The molecule has 3 N–H and O–H groups in total. The highest BCUT2D eigenvalue weighted by atomic mass is 32.1. The number of carbonyl (C=O) groups excluding carboxylic acids is 1. The number of piperidine rings is 1. The second kappa shape index (κ2) is 5.81. The minimum absolute atomic E-state index is 0.0317. The lowest BCUT2D eigenvalue weighted by Gasteiger charge is -2.47. The number of hydrogen-bond donors (Lipinski definition) is 2. The minimum atomic E-state index is 0.0317. The largest absolute Gasteiger partial charge is 0.382 e. The quantitative estimate of drug-likeness (QED) is 0.865. The van der Waals surface area contributed by atoms with Gasteiger partial charge in [0, 0.05) is 32.2 Å². The first-order valence-corrected chi connectivity index (χ1v) is 8.41. The molecule has 3 rings (SSSR count). The van der Waals surface area contributed by atoms with E-state index in [9.17, 15) is 4.79 Å². The van der Waals surface area contributed by atoms with Gasteiger partial charge in [-0.2, -0.15) is 0 Å². The summed E-state index contributed by atoms with van der Waals surface area (Å²) in [4.78, 5) is 22.1. The van der Waals surface area contributed by atoms with Crippen LogP contribution in [0.2, 0.25) is 0 Å². The third kappa shape index (κ3) is 2.72. The van der Waals surface area contributed by atoms with E-state index >= 15 is 0 Å². The monoisotopic (exact) mass is 309 g/mol. The van der Waals surface area contributed by atoms with Gasteiger partial charge in [-0.05, 0) is 26.3 Å². The van der Waals surface area contributed by atoms with Gasteiger partial charge in [0.15, 0.2) is 5.13 Å². The first kappa shape index (κ1) is 14.6. The third-order valence-electron chi connectivity index (χ3n) is 4.51. The Morgan fingerprint density at radius 2 is 2.24 bits per heavy atom. The van der Waals surface area contributed by atoms with Gasteiger partial charge in [0.25, 0.3) is 5.91 Å². The summed E-state index contributed by atoms with van der Waals surface area (Å²) in [6, 6.07) is 0.739. The van der Waals surface area contributed by atoms with Crippen molar-refractivity contribution in [2.24, 2.45) is 0 Å². The van der Waals surface area contributed by atoms with Crippen LogP contribution in [-0.2, 0) is 0 Å². The van der Waals surface area contributed by atoms with Crippen LogP contribution in [-0.4, -0.2) is 59.5 Å². The average molecular weight is 309 g/mol. The lowest BCUT2D eigenvalue weighted by molar-refractivity contribution is 0.0155. The molecule has 6 nitrogen and oxygen atoms in total. The molecule has 2 aliphatic heterocycles.